The minimum absolute atomic E-state index is 0.0219. The zero-order chi connectivity index (χ0) is 36.8. The van der Waals surface area contributed by atoms with Gasteiger partial charge in [-0.2, -0.15) is 0 Å². The Kier molecular flexibility index (Phi) is 29.6. The van der Waals surface area contributed by atoms with E-state index >= 15 is 0 Å². The number of aliphatic hydroxyl groups excluding tert-OH is 4. The van der Waals surface area contributed by atoms with Crippen LogP contribution < -0.4 is 5.32 Å². The fourth-order valence-electron chi connectivity index (χ4n) is 7.09. The summed E-state index contributed by atoms with van der Waals surface area (Å²) >= 11 is 0. The molecule has 0 radical (unpaired) electrons. The van der Waals surface area contributed by atoms with Gasteiger partial charge in [-0.05, 0) is 32.1 Å². The SMILES string of the molecule is C=C(CCC)CCCCCCCCCCCC(=O)NC(COC1OC(CO)C(O)C(O)C1C)C(O)CCCCCCCCCCCCCCC. The molecule has 5 N–H and O–H groups in total. The molecule has 0 aromatic rings. The highest BCUT2D eigenvalue weighted by Gasteiger charge is 2.42. The van der Waals surface area contributed by atoms with Crippen molar-refractivity contribution >= 4 is 5.91 Å². The maximum absolute atomic E-state index is 13.0. The molecule has 1 saturated heterocycles. The highest BCUT2D eigenvalue weighted by atomic mass is 16.7. The molecule has 1 rings (SSSR count). The summed E-state index contributed by atoms with van der Waals surface area (Å²) < 4.78 is 11.7. The topological polar surface area (TPSA) is 128 Å². The van der Waals surface area contributed by atoms with Gasteiger partial charge >= 0.3 is 0 Å². The maximum atomic E-state index is 13.0. The van der Waals surface area contributed by atoms with E-state index in [9.17, 15) is 25.2 Å². The molecule has 1 amide bonds. The lowest BCUT2D eigenvalue weighted by atomic mass is 9.92. The molecule has 1 fully saturated rings. The molecular weight excluding hydrogens is 630 g/mol. The summed E-state index contributed by atoms with van der Waals surface area (Å²) in [5.41, 5.74) is 1.39. The van der Waals surface area contributed by atoms with Crippen molar-refractivity contribution in [2.45, 2.75) is 231 Å². The van der Waals surface area contributed by atoms with E-state index in [1.54, 1.807) is 6.92 Å². The van der Waals surface area contributed by atoms with Crippen molar-refractivity contribution in [1.29, 1.82) is 0 Å². The first-order chi connectivity index (χ1) is 24.2. The van der Waals surface area contributed by atoms with Crippen molar-refractivity contribution in [2.24, 2.45) is 5.92 Å². The molecule has 0 aliphatic carbocycles. The number of ether oxygens (including phenoxy) is 2. The molecule has 0 bridgehead atoms. The van der Waals surface area contributed by atoms with Gasteiger partial charge < -0.3 is 35.2 Å². The Bertz CT molecular complexity index is 809. The molecule has 50 heavy (non-hydrogen) atoms. The second kappa shape index (κ2) is 31.5. The van der Waals surface area contributed by atoms with Crippen molar-refractivity contribution in [1.82, 2.24) is 5.32 Å². The number of rotatable bonds is 34. The van der Waals surface area contributed by atoms with E-state index in [4.69, 9.17) is 9.47 Å². The molecule has 0 spiro atoms. The lowest BCUT2D eigenvalue weighted by Gasteiger charge is -2.41. The molecule has 0 aromatic heterocycles. The van der Waals surface area contributed by atoms with Crippen LogP contribution in [0.5, 0.6) is 0 Å². The van der Waals surface area contributed by atoms with E-state index in [0.717, 1.165) is 44.9 Å². The van der Waals surface area contributed by atoms with Gasteiger partial charge in [-0.25, -0.2) is 0 Å². The molecule has 8 heteroatoms. The van der Waals surface area contributed by atoms with E-state index in [-0.39, 0.29) is 12.5 Å². The fraction of sp³-hybridized carbons (Fsp3) is 0.929. The van der Waals surface area contributed by atoms with Crippen LogP contribution in [0.25, 0.3) is 0 Å². The monoisotopic (exact) mass is 712 g/mol. The number of aliphatic hydroxyl groups is 4. The molecule has 7 atom stereocenters. The summed E-state index contributed by atoms with van der Waals surface area (Å²) in [7, 11) is 0. The highest BCUT2D eigenvalue weighted by molar-refractivity contribution is 5.76. The van der Waals surface area contributed by atoms with E-state index < -0.39 is 49.3 Å². The quantitative estimate of drug-likeness (QED) is 0.0333. The molecule has 296 valence electrons. The van der Waals surface area contributed by atoms with Crippen molar-refractivity contribution < 1.29 is 34.7 Å². The van der Waals surface area contributed by atoms with Gasteiger partial charge in [0.25, 0.3) is 0 Å². The first-order valence-electron chi connectivity index (χ1n) is 21.1. The number of unbranched alkanes of at least 4 members (excludes halogenated alkanes) is 20. The minimum atomic E-state index is -1.20. The Morgan fingerprint density at radius 2 is 1.18 bits per heavy atom. The van der Waals surface area contributed by atoms with Crippen LogP contribution in [0.2, 0.25) is 0 Å². The summed E-state index contributed by atoms with van der Waals surface area (Å²) in [5, 5.41) is 44.4. The lowest BCUT2D eigenvalue weighted by Crippen LogP contribution is -2.56. The zero-order valence-electron chi connectivity index (χ0n) is 32.8. The Labute approximate surface area is 307 Å². The summed E-state index contributed by atoms with van der Waals surface area (Å²) in [6.07, 6.45) is 26.5. The normalized spacial score (nSPS) is 22.0. The predicted molar refractivity (Wildman–Crippen MR) is 206 cm³/mol. The second-order valence-corrected chi connectivity index (χ2v) is 15.4. The first-order valence-corrected chi connectivity index (χ1v) is 21.1. The van der Waals surface area contributed by atoms with Crippen molar-refractivity contribution in [3.63, 3.8) is 0 Å². The van der Waals surface area contributed by atoms with E-state index in [0.29, 0.717) is 12.8 Å². The third kappa shape index (κ3) is 22.8. The van der Waals surface area contributed by atoms with Crippen LogP contribution in [0.4, 0.5) is 0 Å². The van der Waals surface area contributed by atoms with Crippen molar-refractivity contribution in [3.05, 3.63) is 12.2 Å². The Balaban J connectivity index is 2.39. The summed E-state index contributed by atoms with van der Waals surface area (Å²) in [4.78, 5) is 13.0. The van der Waals surface area contributed by atoms with Gasteiger partial charge in [0, 0.05) is 12.3 Å². The zero-order valence-corrected chi connectivity index (χ0v) is 32.8. The number of amides is 1. The van der Waals surface area contributed by atoms with Gasteiger partial charge in [0.05, 0.1) is 31.5 Å². The number of hydrogen-bond acceptors (Lipinski definition) is 7. The van der Waals surface area contributed by atoms with Gasteiger partial charge in [0.15, 0.2) is 6.29 Å². The van der Waals surface area contributed by atoms with Gasteiger partial charge in [-0.3, -0.25) is 4.79 Å². The number of hydrogen-bond donors (Lipinski definition) is 5. The molecule has 1 aliphatic heterocycles. The summed E-state index contributed by atoms with van der Waals surface area (Å²) in [5.74, 6) is -0.623. The molecule has 7 unspecified atom stereocenters. The standard InChI is InChI=1S/C42H81NO7/c1-5-7-8-9-10-11-12-13-14-17-20-23-26-30-37(45)36(33-49-42-35(4)40(47)41(48)38(32-44)50-42)43-39(46)31-27-24-21-18-15-16-19-22-25-29-34(3)28-6-2/h35-38,40-42,44-45,47-48H,3,5-33H2,1-2,4H3,(H,43,46). The largest absolute Gasteiger partial charge is 0.394 e. The highest BCUT2D eigenvalue weighted by Crippen LogP contribution is 2.27. The van der Waals surface area contributed by atoms with Crippen LogP contribution in [-0.2, 0) is 14.3 Å². The number of carbonyl (C=O) groups excluding carboxylic acids is 1. The van der Waals surface area contributed by atoms with Crippen LogP contribution in [-0.4, -0.2) is 76.3 Å². The summed E-state index contributed by atoms with van der Waals surface area (Å²) in [6.45, 7) is 9.92. The third-order valence-electron chi connectivity index (χ3n) is 10.6. The van der Waals surface area contributed by atoms with Gasteiger partial charge in [-0.15, -0.1) is 0 Å². The van der Waals surface area contributed by atoms with Crippen molar-refractivity contribution in [3.8, 4) is 0 Å². The predicted octanol–water partition coefficient (Wildman–Crippen LogP) is 9.05. The van der Waals surface area contributed by atoms with E-state index in [1.807, 2.05) is 0 Å². The van der Waals surface area contributed by atoms with Crippen LogP contribution in [0.3, 0.4) is 0 Å². The minimum Gasteiger partial charge on any atom is -0.394 e. The molecule has 8 nitrogen and oxygen atoms in total. The molecule has 1 aliphatic rings. The van der Waals surface area contributed by atoms with Crippen molar-refractivity contribution in [2.75, 3.05) is 13.2 Å². The third-order valence-corrected chi connectivity index (χ3v) is 10.6. The van der Waals surface area contributed by atoms with Gasteiger partial charge in [0.1, 0.15) is 12.2 Å². The Morgan fingerprint density at radius 3 is 1.68 bits per heavy atom. The fourth-order valence-corrected chi connectivity index (χ4v) is 7.09. The van der Waals surface area contributed by atoms with Crippen LogP contribution in [0.15, 0.2) is 12.2 Å². The Hall–Kier alpha value is -1.03. The average Bonchev–Trinajstić information content (AvgIpc) is 3.10. The van der Waals surface area contributed by atoms with Crippen LogP contribution in [0, 0.1) is 5.92 Å². The average molecular weight is 712 g/mol. The van der Waals surface area contributed by atoms with E-state index in [2.05, 4.69) is 25.7 Å². The molecule has 0 aromatic carbocycles. The van der Waals surface area contributed by atoms with Crippen LogP contribution >= 0.6 is 0 Å². The lowest BCUT2D eigenvalue weighted by molar-refractivity contribution is -0.284. The van der Waals surface area contributed by atoms with E-state index in [1.165, 1.54) is 121 Å². The van der Waals surface area contributed by atoms with Crippen LogP contribution in [0.1, 0.15) is 194 Å². The number of allylic oxidation sites excluding steroid dienone is 1. The molecule has 1 heterocycles. The first kappa shape index (κ1) is 47.0. The van der Waals surface area contributed by atoms with Gasteiger partial charge in [0.2, 0.25) is 5.91 Å². The molecular formula is C42H81NO7. The Morgan fingerprint density at radius 1 is 0.700 bits per heavy atom. The smallest absolute Gasteiger partial charge is 0.220 e. The number of carbonyl (C=O) groups is 1. The maximum Gasteiger partial charge on any atom is 0.220 e. The second-order valence-electron chi connectivity index (χ2n) is 15.4. The number of nitrogens with one attached hydrogen (secondary N) is 1. The summed E-state index contributed by atoms with van der Waals surface area (Å²) in [6, 6.07) is -0.605. The van der Waals surface area contributed by atoms with Gasteiger partial charge in [-0.1, -0.05) is 168 Å². The molecule has 0 saturated carbocycles.